The van der Waals surface area contributed by atoms with Gasteiger partial charge in [0.05, 0.1) is 0 Å². The van der Waals surface area contributed by atoms with Crippen LogP contribution in [0.2, 0.25) is 25.2 Å². The molecule has 1 radical (unpaired) electrons. The third-order valence-electron chi connectivity index (χ3n) is 1.48. The van der Waals surface area contributed by atoms with E-state index in [2.05, 4.69) is 33.5 Å². The van der Waals surface area contributed by atoms with E-state index in [-0.39, 0.29) is 0 Å². The summed E-state index contributed by atoms with van der Waals surface area (Å²) < 4.78 is 0. The first kappa shape index (κ1) is 7.22. The van der Waals surface area contributed by atoms with Gasteiger partial charge in [0.2, 0.25) is 0 Å². The Morgan fingerprint density at radius 2 is 1.43 bits per heavy atom. The van der Waals surface area contributed by atoms with Gasteiger partial charge in [0.25, 0.3) is 0 Å². The normalized spacial score (nSPS) is 12.9. The van der Waals surface area contributed by atoms with Gasteiger partial charge in [-0.25, -0.2) is 0 Å². The molecule has 0 N–H and O–H groups in total. The van der Waals surface area contributed by atoms with E-state index < -0.39 is 8.07 Å². The molecule has 0 aliphatic heterocycles. The Labute approximate surface area is 47.9 Å². The van der Waals surface area contributed by atoms with Crippen LogP contribution in [0.25, 0.3) is 0 Å². The van der Waals surface area contributed by atoms with Crippen LogP contribution in [0.15, 0.2) is 0 Å². The minimum Gasteiger partial charge on any atom is -0.0694 e. The molecule has 0 amide bonds. The van der Waals surface area contributed by atoms with Crippen molar-refractivity contribution in [3.8, 4) is 0 Å². The molecule has 1 atom stereocenters. The molecule has 0 unspecified atom stereocenters. The fourth-order valence-corrected chi connectivity index (χ4v) is 0. The lowest BCUT2D eigenvalue weighted by Crippen LogP contribution is -2.23. The molecule has 43 valence electrons. The van der Waals surface area contributed by atoms with Crippen LogP contribution in [0.4, 0.5) is 0 Å². The summed E-state index contributed by atoms with van der Waals surface area (Å²) in [5, 5.41) is 0. The number of hydrogen-bond acceptors (Lipinski definition) is 0. The Hall–Kier alpha value is 0.217. The summed E-state index contributed by atoms with van der Waals surface area (Å²) in [6, 6.07) is 0. The Morgan fingerprint density at radius 1 is 1.29 bits per heavy atom. The highest BCUT2D eigenvalue weighted by molar-refractivity contribution is 6.77. The fraction of sp³-hybridized carbons (Fsp3) is 0.833. The number of rotatable bonds is 1. The molecule has 0 spiro atoms. The van der Waals surface area contributed by atoms with Gasteiger partial charge in [-0.15, -0.1) is 0 Å². The summed E-state index contributed by atoms with van der Waals surface area (Å²) in [6.07, 6.45) is 0. The minimum atomic E-state index is -0.846. The summed E-state index contributed by atoms with van der Waals surface area (Å²) in [4.78, 5) is 0. The Balaban J connectivity index is 3.54. The highest BCUT2D eigenvalue weighted by atomic mass is 28.3. The van der Waals surface area contributed by atoms with Gasteiger partial charge in [0, 0.05) is 8.07 Å². The Kier molecular flexibility index (Phi) is 2.05. The quantitative estimate of drug-likeness (QED) is 0.461. The second-order valence-corrected chi connectivity index (χ2v) is 8.98. The lowest BCUT2D eigenvalue weighted by atomic mass is 10.6. The van der Waals surface area contributed by atoms with Crippen molar-refractivity contribution < 1.29 is 0 Å². The van der Waals surface area contributed by atoms with Gasteiger partial charge in [-0.2, -0.15) is 0 Å². The van der Waals surface area contributed by atoms with Crippen molar-refractivity contribution in [2.24, 2.45) is 0 Å². The topological polar surface area (TPSA) is 0 Å². The van der Waals surface area contributed by atoms with Crippen molar-refractivity contribution in [2.75, 3.05) is 0 Å². The predicted octanol–water partition coefficient (Wildman–Crippen LogP) is 2.55. The third-order valence-corrected chi connectivity index (χ3v) is 4.44. The number of hydrogen-bond donors (Lipinski definition) is 0. The molecule has 0 aliphatic carbocycles. The van der Waals surface area contributed by atoms with Gasteiger partial charge in [-0.1, -0.05) is 33.5 Å². The molecule has 0 aromatic carbocycles. The average Bonchev–Trinajstić information content (AvgIpc) is 1.31. The van der Waals surface area contributed by atoms with Crippen LogP contribution in [0, 0.1) is 6.92 Å². The molecule has 0 saturated carbocycles. The Bertz CT molecular complexity index is 49.7. The first-order chi connectivity index (χ1) is 2.94. The molecule has 0 aromatic heterocycles. The molecule has 0 bridgehead atoms. The molecular weight excluding hydrogens is 100 g/mol. The summed E-state index contributed by atoms with van der Waals surface area (Å²) in [6.45, 7) is 13.2. The maximum absolute atomic E-state index is 3.97. The van der Waals surface area contributed by atoms with E-state index in [0.717, 1.165) is 0 Å². The van der Waals surface area contributed by atoms with E-state index >= 15 is 0 Å². The summed E-state index contributed by atoms with van der Waals surface area (Å²) in [5.41, 5.74) is 0.687. The first-order valence-electron chi connectivity index (χ1n) is 2.77. The highest BCUT2D eigenvalue weighted by Gasteiger charge is 2.16. The van der Waals surface area contributed by atoms with Crippen LogP contribution in [0.1, 0.15) is 6.92 Å². The van der Waals surface area contributed by atoms with Gasteiger partial charge in [-0.3, -0.25) is 0 Å². The zero-order chi connectivity index (χ0) is 6.08. The fourth-order valence-electron chi connectivity index (χ4n) is 0. The molecule has 0 aromatic rings. The second-order valence-electron chi connectivity index (χ2n) is 3.27. The van der Waals surface area contributed by atoms with E-state index in [9.17, 15) is 0 Å². The maximum atomic E-state index is 3.97. The van der Waals surface area contributed by atoms with Crippen LogP contribution >= 0.6 is 0 Å². The standard InChI is InChI=1S/C6H15Si/c1-6(2)7(3,4)5/h6H,1H2,2-5H3/t6-/m1/s1. The van der Waals surface area contributed by atoms with Crippen LogP contribution < -0.4 is 0 Å². The molecule has 0 fully saturated rings. The molecule has 0 rings (SSSR count). The molecular formula is C6H15Si. The summed E-state index contributed by atoms with van der Waals surface area (Å²) in [5.74, 6) is 0. The van der Waals surface area contributed by atoms with Crippen molar-refractivity contribution in [1.82, 2.24) is 0 Å². The van der Waals surface area contributed by atoms with E-state index in [1.54, 1.807) is 0 Å². The van der Waals surface area contributed by atoms with E-state index in [1.165, 1.54) is 0 Å². The van der Waals surface area contributed by atoms with Crippen molar-refractivity contribution in [1.29, 1.82) is 0 Å². The Morgan fingerprint density at radius 3 is 1.43 bits per heavy atom. The van der Waals surface area contributed by atoms with Gasteiger partial charge in [0.15, 0.2) is 0 Å². The monoisotopic (exact) mass is 115 g/mol. The summed E-state index contributed by atoms with van der Waals surface area (Å²) >= 11 is 0. The molecule has 1 heteroatoms. The zero-order valence-electron chi connectivity index (χ0n) is 5.78. The van der Waals surface area contributed by atoms with Gasteiger partial charge in [0.1, 0.15) is 0 Å². The van der Waals surface area contributed by atoms with Crippen LogP contribution in [-0.2, 0) is 0 Å². The van der Waals surface area contributed by atoms with E-state index in [0.29, 0.717) is 5.54 Å². The van der Waals surface area contributed by atoms with Crippen LogP contribution in [0.5, 0.6) is 0 Å². The highest BCUT2D eigenvalue weighted by Crippen LogP contribution is 2.17. The minimum absolute atomic E-state index is 0.687. The van der Waals surface area contributed by atoms with Crippen molar-refractivity contribution in [3.63, 3.8) is 0 Å². The van der Waals surface area contributed by atoms with Gasteiger partial charge in [-0.05, 0) is 5.54 Å². The van der Waals surface area contributed by atoms with Gasteiger partial charge < -0.3 is 0 Å². The molecule has 0 nitrogen and oxygen atoms in total. The lowest BCUT2D eigenvalue weighted by Gasteiger charge is -2.19. The zero-order valence-corrected chi connectivity index (χ0v) is 6.78. The maximum Gasteiger partial charge on any atom is 0.0471 e. The molecule has 0 heterocycles. The first-order valence-corrected chi connectivity index (χ1v) is 6.35. The predicted molar refractivity (Wildman–Crippen MR) is 38.1 cm³/mol. The van der Waals surface area contributed by atoms with E-state index in [1.807, 2.05) is 0 Å². The average molecular weight is 115 g/mol. The molecule has 0 aliphatic rings. The van der Waals surface area contributed by atoms with Gasteiger partial charge >= 0.3 is 0 Å². The van der Waals surface area contributed by atoms with Crippen molar-refractivity contribution in [3.05, 3.63) is 6.92 Å². The van der Waals surface area contributed by atoms with Crippen molar-refractivity contribution >= 4 is 8.07 Å². The SMILES string of the molecule is [CH2][C@H](C)[Si](C)(C)C. The lowest BCUT2D eigenvalue weighted by molar-refractivity contribution is 1.13. The van der Waals surface area contributed by atoms with Crippen molar-refractivity contribution in [2.45, 2.75) is 32.1 Å². The summed E-state index contributed by atoms with van der Waals surface area (Å²) in [7, 11) is -0.846. The third kappa shape index (κ3) is 2.86. The van der Waals surface area contributed by atoms with Crippen LogP contribution in [-0.4, -0.2) is 8.07 Å². The second kappa shape index (κ2) is 1.99. The molecule has 0 saturated heterocycles. The van der Waals surface area contributed by atoms with E-state index in [4.69, 9.17) is 0 Å². The largest absolute Gasteiger partial charge is 0.0694 e. The smallest absolute Gasteiger partial charge is 0.0471 e. The van der Waals surface area contributed by atoms with Crippen LogP contribution in [0.3, 0.4) is 0 Å². The molecule has 7 heavy (non-hydrogen) atoms.